The second kappa shape index (κ2) is 9.17. The van der Waals surface area contributed by atoms with Crippen LogP contribution < -0.4 is 4.90 Å². The van der Waals surface area contributed by atoms with Crippen LogP contribution in [0.15, 0.2) is 33.9 Å². The fraction of sp³-hybridized carbons (Fsp3) is 0.615. The first-order valence-corrected chi connectivity index (χ1v) is 13.7. The van der Waals surface area contributed by atoms with Gasteiger partial charge in [-0.05, 0) is 74.5 Å². The molecular weight excluding hydrogens is 452 g/mol. The van der Waals surface area contributed by atoms with Gasteiger partial charge in [0.15, 0.2) is 0 Å². The van der Waals surface area contributed by atoms with E-state index in [4.69, 9.17) is 16.0 Å². The molecule has 4 bridgehead atoms. The van der Waals surface area contributed by atoms with Crippen molar-refractivity contribution in [3.8, 4) is 11.8 Å². The summed E-state index contributed by atoms with van der Waals surface area (Å²) in [6.45, 7) is 4.86. The van der Waals surface area contributed by atoms with E-state index in [1.807, 2.05) is 18.2 Å². The minimum atomic E-state index is 0.180. The molecule has 0 spiro atoms. The summed E-state index contributed by atoms with van der Waals surface area (Å²) in [6.07, 6.45) is 8.07. The predicted molar refractivity (Wildman–Crippen MR) is 133 cm³/mol. The van der Waals surface area contributed by atoms with E-state index in [2.05, 4.69) is 37.9 Å². The van der Waals surface area contributed by atoms with Gasteiger partial charge < -0.3 is 9.32 Å². The van der Waals surface area contributed by atoms with Gasteiger partial charge in [-0.2, -0.15) is 0 Å². The Kier molecular flexibility index (Phi) is 6.06. The lowest BCUT2D eigenvalue weighted by molar-refractivity contribution is -0.0191. The molecule has 1 saturated heterocycles. The van der Waals surface area contributed by atoms with E-state index in [0.717, 1.165) is 61.4 Å². The van der Waals surface area contributed by atoms with E-state index in [1.165, 1.54) is 44.2 Å². The Morgan fingerprint density at radius 3 is 2.42 bits per heavy atom. The third-order valence-electron chi connectivity index (χ3n) is 8.14. The molecule has 0 amide bonds. The number of anilines is 1. The molecule has 174 valence electrons. The van der Waals surface area contributed by atoms with Gasteiger partial charge in [-0.25, -0.2) is 0 Å². The molecule has 0 radical (unpaired) electrons. The normalized spacial score (nSPS) is 30.9. The van der Waals surface area contributed by atoms with Crippen molar-refractivity contribution in [1.82, 2.24) is 15.1 Å². The maximum absolute atomic E-state index is 6.17. The third-order valence-corrected chi connectivity index (χ3v) is 9.08. The van der Waals surface area contributed by atoms with Gasteiger partial charge in [-0.3, -0.25) is 4.90 Å². The quantitative estimate of drug-likeness (QED) is 0.436. The fourth-order valence-electron chi connectivity index (χ4n) is 7.01. The van der Waals surface area contributed by atoms with Crippen molar-refractivity contribution in [3.63, 3.8) is 0 Å². The molecule has 7 rings (SSSR count). The van der Waals surface area contributed by atoms with Gasteiger partial charge in [0.25, 0.3) is 5.22 Å². The van der Waals surface area contributed by atoms with Gasteiger partial charge >= 0.3 is 0 Å². The van der Waals surface area contributed by atoms with Crippen molar-refractivity contribution in [1.29, 1.82) is 0 Å². The van der Waals surface area contributed by atoms with Crippen LogP contribution in [0.2, 0.25) is 5.02 Å². The van der Waals surface area contributed by atoms with Crippen LogP contribution in [-0.4, -0.2) is 53.6 Å². The Hall–Kier alpha value is -1.68. The minimum Gasteiger partial charge on any atom is -0.415 e. The molecule has 5 nitrogen and oxygen atoms in total. The molecule has 2 aromatic rings. The maximum atomic E-state index is 6.17. The highest BCUT2D eigenvalue weighted by Crippen LogP contribution is 2.60. The van der Waals surface area contributed by atoms with Gasteiger partial charge in [-0.15, -0.1) is 10.2 Å². The van der Waals surface area contributed by atoms with Crippen molar-refractivity contribution in [2.75, 3.05) is 43.4 Å². The summed E-state index contributed by atoms with van der Waals surface area (Å²) in [7, 11) is 0. The van der Waals surface area contributed by atoms with Crippen LogP contribution in [0.4, 0.5) is 5.69 Å². The number of hydrogen-bond donors (Lipinski definition) is 0. The highest BCUT2D eigenvalue weighted by Gasteiger charge is 2.54. The minimum absolute atomic E-state index is 0.180. The number of benzene rings is 1. The molecule has 1 aromatic carbocycles. The zero-order valence-corrected chi connectivity index (χ0v) is 20.6. The largest absolute Gasteiger partial charge is 0.415 e. The summed E-state index contributed by atoms with van der Waals surface area (Å²) in [5, 5.41) is 10.3. The number of halogens is 1. The zero-order chi connectivity index (χ0) is 22.3. The Balaban J connectivity index is 0.966. The van der Waals surface area contributed by atoms with Crippen molar-refractivity contribution in [2.24, 2.45) is 17.8 Å². The lowest BCUT2D eigenvalue weighted by atomic mass is 9.49. The molecule has 5 fully saturated rings. The number of nitrogens with zero attached hydrogens (tertiary/aromatic N) is 4. The highest BCUT2D eigenvalue weighted by atomic mass is 35.5. The Labute approximate surface area is 205 Å². The highest BCUT2D eigenvalue weighted by molar-refractivity contribution is 7.99. The van der Waals surface area contributed by atoms with Gasteiger partial charge in [0.05, 0.1) is 12.3 Å². The fourth-order valence-corrected chi connectivity index (χ4v) is 7.73. The van der Waals surface area contributed by atoms with Crippen LogP contribution in [0.5, 0.6) is 0 Å². The number of thioether (sulfide) groups is 1. The van der Waals surface area contributed by atoms with Crippen LogP contribution in [0.25, 0.3) is 0 Å². The van der Waals surface area contributed by atoms with Crippen LogP contribution in [0.1, 0.15) is 44.4 Å². The van der Waals surface area contributed by atoms with Crippen molar-refractivity contribution >= 4 is 29.1 Å². The summed E-state index contributed by atoms with van der Waals surface area (Å²) in [6, 6.07) is 8.11. The topological polar surface area (TPSA) is 45.4 Å². The molecule has 1 aromatic heterocycles. The molecule has 0 unspecified atom stereocenters. The lowest BCUT2D eigenvalue weighted by Crippen LogP contribution is -2.48. The predicted octanol–water partition coefficient (Wildman–Crippen LogP) is 5.11. The Morgan fingerprint density at radius 1 is 1.00 bits per heavy atom. The molecule has 4 aliphatic carbocycles. The summed E-state index contributed by atoms with van der Waals surface area (Å²) >= 11 is 7.71. The van der Waals surface area contributed by atoms with E-state index in [1.54, 1.807) is 11.8 Å². The van der Waals surface area contributed by atoms with E-state index in [-0.39, 0.29) is 5.41 Å². The van der Waals surface area contributed by atoms with Crippen molar-refractivity contribution in [3.05, 3.63) is 35.2 Å². The van der Waals surface area contributed by atoms with E-state index in [9.17, 15) is 0 Å². The smallest absolute Gasteiger partial charge is 0.277 e. The number of aromatic nitrogens is 2. The standard InChI is InChI=1S/C26H31ClN4OS/c27-22-4-3-5-23(15-22)31-9-7-30(8-10-31)6-1-2-11-33-25-29-28-24(32-25)26-16-19-12-20(17-26)14-21(13-19)18-26/h3-5,15,19-21H,6-14,16-18H2. The SMILES string of the molecule is Clc1cccc(N2CCN(CC#CCSc3nnc(C45CC6CC(CC(C6)C4)C5)o3)CC2)c1. The lowest BCUT2D eigenvalue weighted by Gasteiger charge is -2.55. The summed E-state index contributed by atoms with van der Waals surface area (Å²) in [5.41, 5.74) is 1.39. The first-order valence-electron chi connectivity index (χ1n) is 12.3. The number of rotatable bonds is 5. The monoisotopic (exact) mass is 482 g/mol. The average molecular weight is 483 g/mol. The summed E-state index contributed by atoms with van der Waals surface area (Å²) in [4.78, 5) is 4.80. The van der Waals surface area contributed by atoms with E-state index >= 15 is 0 Å². The molecule has 33 heavy (non-hydrogen) atoms. The summed E-state index contributed by atoms with van der Waals surface area (Å²) in [5.74, 6) is 10.9. The van der Waals surface area contributed by atoms with Gasteiger partial charge in [-0.1, -0.05) is 41.3 Å². The van der Waals surface area contributed by atoms with Crippen LogP contribution >= 0.6 is 23.4 Å². The molecule has 4 saturated carbocycles. The van der Waals surface area contributed by atoms with Crippen LogP contribution in [0, 0.1) is 29.6 Å². The second-order valence-electron chi connectivity index (χ2n) is 10.5. The van der Waals surface area contributed by atoms with Crippen molar-refractivity contribution in [2.45, 2.75) is 49.2 Å². The molecular formula is C26H31ClN4OS. The molecule has 0 N–H and O–H groups in total. The molecule has 1 aliphatic heterocycles. The summed E-state index contributed by atoms with van der Waals surface area (Å²) < 4.78 is 6.17. The molecule has 0 atom stereocenters. The Morgan fingerprint density at radius 2 is 1.73 bits per heavy atom. The zero-order valence-electron chi connectivity index (χ0n) is 19.0. The molecule has 7 heteroatoms. The molecule has 2 heterocycles. The van der Waals surface area contributed by atoms with Crippen molar-refractivity contribution < 1.29 is 4.42 Å². The number of hydrogen-bond acceptors (Lipinski definition) is 6. The second-order valence-corrected chi connectivity index (χ2v) is 11.8. The third kappa shape index (κ3) is 4.65. The first kappa shape index (κ1) is 21.8. The van der Waals surface area contributed by atoms with E-state index < -0.39 is 0 Å². The van der Waals surface area contributed by atoms with Gasteiger partial charge in [0.2, 0.25) is 5.89 Å². The Bertz CT molecular complexity index is 1020. The average Bonchev–Trinajstić information content (AvgIpc) is 3.28. The maximum Gasteiger partial charge on any atom is 0.277 e. The van der Waals surface area contributed by atoms with Crippen LogP contribution in [0.3, 0.4) is 0 Å². The van der Waals surface area contributed by atoms with E-state index in [0.29, 0.717) is 11.0 Å². The van der Waals surface area contributed by atoms with Gasteiger partial charge in [0.1, 0.15) is 0 Å². The van der Waals surface area contributed by atoms with Crippen LogP contribution in [-0.2, 0) is 5.41 Å². The first-order chi connectivity index (χ1) is 16.1. The van der Waals surface area contributed by atoms with Gasteiger partial charge in [0, 0.05) is 42.3 Å². The number of piperazine rings is 1. The molecule has 5 aliphatic rings.